The molecule has 4 fully saturated rings. The van der Waals surface area contributed by atoms with Crippen LogP contribution in [-0.4, -0.2) is 18.4 Å². The molecule has 10 atom stereocenters. The lowest BCUT2D eigenvalue weighted by atomic mass is 9.47. The van der Waals surface area contributed by atoms with Crippen molar-refractivity contribution in [1.29, 1.82) is 0 Å². The average Bonchev–Trinajstić information content (AvgIpc) is 3.15. The van der Waals surface area contributed by atoms with E-state index in [-0.39, 0.29) is 5.72 Å². The molecule has 2 heteroatoms. The molecule has 2 nitrogen and oxygen atoms in total. The molecule has 0 unspecified atom stereocenters. The van der Waals surface area contributed by atoms with E-state index in [0.29, 0.717) is 22.9 Å². The van der Waals surface area contributed by atoms with Crippen LogP contribution < -0.4 is 5.32 Å². The van der Waals surface area contributed by atoms with Crippen molar-refractivity contribution in [3.63, 3.8) is 0 Å². The number of nitrogens with one attached hydrogen (secondary N) is 1. The Morgan fingerprint density at radius 3 is 2.72 bits per heavy atom. The summed E-state index contributed by atoms with van der Waals surface area (Å²) in [7, 11) is 0. The van der Waals surface area contributed by atoms with Gasteiger partial charge in [-0.1, -0.05) is 45.9 Å². The van der Waals surface area contributed by atoms with Crippen LogP contribution in [0.1, 0.15) is 79.1 Å². The fourth-order valence-corrected chi connectivity index (χ4v) is 9.50. The Bertz CT molecular complexity index is 746. The zero-order valence-electron chi connectivity index (χ0n) is 19.0. The van der Waals surface area contributed by atoms with Crippen molar-refractivity contribution in [3.05, 3.63) is 23.8 Å². The number of hydrogen-bond donors (Lipinski definition) is 1. The van der Waals surface area contributed by atoms with Crippen LogP contribution in [0.5, 0.6) is 0 Å². The van der Waals surface area contributed by atoms with Crippen molar-refractivity contribution < 1.29 is 4.74 Å². The van der Waals surface area contributed by atoms with Crippen LogP contribution in [0.15, 0.2) is 23.8 Å². The highest BCUT2D eigenvalue weighted by Gasteiger charge is 2.67. The lowest BCUT2D eigenvalue weighted by molar-refractivity contribution is -0.114. The van der Waals surface area contributed by atoms with Gasteiger partial charge < -0.3 is 4.74 Å². The van der Waals surface area contributed by atoms with E-state index < -0.39 is 0 Å². The van der Waals surface area contributed by atoms with Gasteiger partial charge in [0.1, 0.15) is 5.72 Å². The first-order valence-corrected chi connectivity index (χ1v) is 12.7. The van der Waals surface area contributed by atoms with Gasteiger partial charge in [0, 0.05) is 12.5 Å². The van der Waals surface area contributed by atoms with Crippen LogP contribution in [0, 0.1) is 46.3 Å². The zero-order chi connectivity index (χ0) is 20.0. The van der Waals surface area contributed by atoms with E-state index in [4.69, 9.17) is 4.74 Å². The number of hydrogen-bond acceptors (Lipinski definition) is 2. The molecule has 0 aromatic rings. The van der Waals surface area contributed by atoms with Gasteiger partial charge in [0.15, 0.2) is 0 Å². The lowest BCUT2D eigenvalue weighted by Gasteiger charge is -2.57. The summed E-state index contributed by atoms with van der Waals surface area (Å²) < 4.78 is 7.01. The summed E-state index contributed by atoms with van der Waals surface area (Å²) in [5.74, 6) is 4.82. The van der Waals surface area contributed by atoms with Gasteiger partial charge in [0.25, 0.3) is 0 Å². The van der Waals surface area contributed by atoms with Crippen molar-refractivity contribution in [2.24, 2.45) is 46.3 Å². The van der Waals surface area contributed by atoms with Gasteiger partial charge in [-0.25, -0.2) is 0 Å². The van der Waals surface area contributed by atoms with Crippen LogP contribution in [0.25, 0.3) is 0 Å². The van der Waals surface area contributed by atoms with E-state index in [0.717, 1.165) is 36.1 Å². The van der Waals surface area contributed by atoms with Crippen molar-refractivity contribution in [1.82, 2.24) is 5.32 Å². The second-order valence-corrected chi connectivity index (χ2v) is 12.3. The number of allylic oxidation sites excluding steroid dienone is 4. The molecule has 4 aliphatic carbocycles. The highest BCUT2D eigenvalue weighted by molar-refractivity contribution is 5.34. The first kappa shape index (κ1) is 19.1. The maximum Gasteiger partial charge on any atom is 0.122 e. The molecule has 0 aromatic carbocycles. The largest absolute Gasteiger partial charge is 0.357 e. The summed E-state index contributed by atoms with van der Waals surface area (Å²) in [6.07, 6.45) is 18.7. The van der Waals surface area contributed by atoms with Gasteiger partial charge in [-0.3, -0.25) is 5.32 Å². The predicted molar refractivity (Wildman–Crippen MR) is 118 cm³/mol. The zero-order valence-corrected chi connectivity index (χ0v) is 19.0. The van der Waals surface area contributed by atoms with Gasteiger partial charge in [-0.05, 0) is 97.4 Å². The first-order chi connectivity index (χ1) is 13.9. The first-order valence-electron chi connectivity index (χ1n) is 12.7. The van der Waals surface area contributed by atoms with Gasteiger partial charge >= 0.3 is 0 Å². The molecule has 0 aromatic heterocycles. The molecule has 1 N–H and O–H groups in total. The van der Waals surface area contributed by atoms with E-state index in [1.165, 1.54) is 51.4 Å². The summed E-state index contributed by atoms with van der Waals surface area (Å²) in [4.78, 5) is 0. The fourth-order valence-electron chi connectivity index (χ4n) is 9.50. The molecule has 2 saturated heterocycles. The Labute approximate surface area is 177 Å². The lowest BCUT2D eigenvalue weighted by Crippen LogP contribution is -2.56. The second kappa shape index (κ2) is 6.22. The summed E-state index contributed by atoms with van der Waals surface area (Å²) in [6.45, 7) is 11.3. The highest BCUT2D eigenvalue weighted by Crippen LogP contribution is 2.69. The summed E-state index contributed by atoms with van der Waals surface area (Å²) in [5, 5.41) is 3.90. The number of piperidine rings is 1. The molecule has 2 aliphatic heterocycles. The topological polar surface area (TPSA) is 21.3 Å². The smallest absolute Gasteiger partial charge is 0.122 e. The van der Waals surface area contributed by atoms with E-state index in [1.54, 1.807) is 5.57 Å². The van der Waals surface area contributed by atoms with Crippen molar-refractivity contribution in [2.75, 3.05) is 6.54 Å². The standard InChI is InChI=1S/C27H41NO/c1-17-10-14-27(28-16-17)18(2)24-23(29-27)15-22-20-9-8-19-7-5-6-12-25(19,3)21(20)11-13-26(22,24)4/h5,7-8,17-18,20-24,28H,6,9-16H2,1-4H3/t17-,18+,20-,21-,22+,23+,24+,25+,26+,27-/m1/s1. The summed E-state index contributed by atoms with van der Waals surface area (Å²) in [6, 6.07) is 0. The van der Waals surface area contributed by atoms with Crippen molar-refractivity contribution in [2.45, 2.75) is 90.9 Å². The summed E-state index contributed by atoms with van der Waals surface area (Å²) in [5.41, 5.74) is 2.56. The third kappa shape index (κ3) is 2.42. The van der Waals surface area contributed by atoms with E-state index in [1.807, 2.05) is 0 Å². The van der Waals surface area contributed by atoms with Gasteiger partial charge in [0.2, 0.25) is 0 Å². The van der Waals surface area contributed by atoms with Gasteiger partial charge in [-0.15, -0.1) is 0 Å². The average molecular weight is 396 g/mol. The monoisotopic (exact) mass is 395 g/mol. The third-order valence-corrected chi connectivity index (χ3v) is 11.1. The maximum atomic E-state index is 7.01. The number of fused-ring (bicyclic) bond motifs is 7. The molecule has 29 heavy (non-hydrogen) atoms. The molecule has 6 rings (SSSR count). The summed E-state index contributed by atoms with van der Waals surface area (Å²) >= 11 is 0. The van der Waals surface area contributed by atoms with E-state index in [2.05, 4.69) is 51.2 Å². The second-order valence-electron chi connectivity index (χ2n) is 12.3. The molecule has 160 valence electrons. The molecule has 2 saturated carbocycles. The van der Waals surface area contributed by atoms with Crippen LogP contribution in [-0.2, 0) is 4.74 Å². The SMILES string of the molecule is C[C@@H]1CC[C@@]2(NC1)O[C@H]1C[C@H]3[C@@H]4CC=C5C=CCC[C@]5(C)[C@@H]4CC[C@]3(C)[C@H]1[C@@H]2C. The minimum Gasteiger partial charge on any atom is -0.357 e. The van der Waals surface area contributed by atoms with Crippen LogP contribution in [0.3, 0.4) is 0 Å². The van der Waals surface area contributed by atoms with Gasteiger partial charge in [-0.2, -0.15) is 0 Å². The fraction of sp³-hybridized carbons (Fsp3) is 0.852. The van der Waals surface area contributed by atoms with Crippen LogP contribution in [0.4, 0.5) is 0 Å². The molecular formula is C27H41NO. The quantitative estimate of drug-likeness (QED) is 0.536. The number of ether oxygens (including phenoxy) is 1. The van der Waals surface area contributed by atoms with Crippen LogP contribution >= 0.6 is 0 Å². The Morgan fingerprint density at radius 1 is 1.07 bits per heavy atom. The van der Waals surface area contributed by atoms with Gasteiger partial charge in [0.05, 0.1) is 6.10 Å². The number of rotatable bonds is 0. The maximum absolute atomic E-state index is 7.01. The van der Waals surface area contributed by atoms with Crippen molar-refractivity contribution in [3.8, 4) is 0 Å². The van der Waals surface area contributed by atoms with E-state index in [9.17, 15) is 0 Å². The Balaban J connectivity index is 1.30. The minimum atomic E-state index is -0.0214. The highest BCUT2D eigenvalue weighted by atomic mass is 16.5. The predicted octanol–water partition coefficient (Wildman–Crippen LogP) is 6.09. The van der Waals surface area contributed by atoms with Crippen molar-refractivity contribution >= 4 is 0 Å². The third-order valence-electron chi connectivity index (χ3n) is 11.1. The minimum absolute atomic E-state index is 0.0214. The van der Waals surface area contributed by atoms with E-state index >= 15 is 0 Å². The molecule has 0 radical (unpaired) electrons. The molecule has 0 amide bonds. The molecular weight excluding hydrogens is 354 g/mol. The molecule has 2 heterocycles. The molecule has 0 bridgehead atoms. The molecule has 1 spiro atoms. The van der Waals surface area contributed by atoms with Crippen LogP contribution in [0.2, 0.25) is 0 Å². The Kier molecular flexibility index (Phi) is 4.10. The Morgan fingerprint density at radius 2 is 1.93 bits per heavy atom. The Hall–Kier alpha value is -0.600. The molecule has 6 aliphatic rings. The normalized spacial score (nSPS) is 58.3.